The minimum absolute atomic E-state index is 0.0427. The average molecular weight is 428 g/mol. The second-order valence-corrected chi connectivity index (χ2v) is 7.70. The number of benzene rings is 2. The van der Waals surface area contributed by atoms with Crippen LogP contribution in [-0.4, -0.2) is 28.1 Å². The number of halogens is 3. The van der Waals surface area contributed by atoms with Crippen LogP contribution in [0, 0.1) is 17.6 Å². The largest absolute Gasteiger partial charge is 0.352 e. The standard InChI is InChI=1S/C21H16ClF2N5O/c22-13-10-26-29-17-8-12(21(30)25-9-11-4-5-11)6-7-16(17)27-19(28-20(13)29)18-14(23)2-1-3-15(18)24/h1-3,6-8,10-11H,4-5,9H2,(H,25,30)(H,27,28). The molecule has 5 rings (SSSR count). The first-order valence-electron chi connectivity index (χ1n) is 9.47. The molecule has 1 amide bonds. The number of fused-ring (bicyclic) bond motifs is 3. The number of aliphatic imine (C=N–C) groups is 1. The normalized spacial score (nSPS) is 14.8. The summed E-state index contributed by atoms with van der Waals surface area (Å²) in [6, 6.07) is 8.53. The summed E-state index contributed by atoms with van der Waals surface area (Å²) in [7, 11) is 0. The van der Waals surface area contributed by atoms with Crippen LogP contribution < -0.4 is 10.6 Å². The summed E-state index contributed by atoms with van der Waals surface area (Å²) in [4.78, 5) is 16.9. The molecule has 152 valence electrons. The predicted octanol–water partition coefficient (Wildman–Crippen LogP) is 4.45. The maximum atomic E-state index is 14.4. The lowest BCUT2D eigenvalue weighted by molar-refractivity contribution is 0.0952. The van der Waals surface area contributed by atoms with Crippen LogP contribution in [0.5, 0.6) is 0 Å². The van der Waals surface area contributed by atoms with Gasteiger partial charge in [-0.1, -0.05) is 17.7 Å². The highest BCUT2D eigenvalue weighted by Crippen LogP contribution is 2.35. The Hall–Kier alpha value is -3.26. The Morgan fingerprint density at radius 2 is 2.00 bits per heavy atom. The lowest BCUT2D eigenvalue weighted by atomic mass is 10.1. The Morgan fingerprint density at radius 1 is 1.23 bits per heavy atom. The van der Waals surface area contributed by atoms with Gasteiger partial charge in [-0.25, -0.2) is 18.5 Å². The third-order valence-electron chi connectivity index (χ3n) is 5.11. The molecule has 1 saturated carbocycles. The minimum atomic E-state index is -0.761. The lowest BCUT2D eigenvalue weighted by Gasteiger charge is -2.13. The maximum Gasteiger partial charge on any atom is 0.251 e. The molecular formula is C21H16ClF2N5O. The zero-order valence-electron chi connectivity index (χ0n) is 15.6. The second-order valence-electron chi connectivity index (χ2n) is 7.30. The van der Waals surface area contributed by atoms with Gasteiger partial charge in [-0.3, -0.25) is 4.79 Å². The van der Waals surface area contributed by atoms with E-state index in [1.807, 2.05) is 0 Å². The van der Waals surface area contributed by atoms with Gasteiger partial charge in [0.15, 0.2) is 5.82 Å². The van der Waals surface area contributed by atoms with E-state index in [9.17, 15) is 13.6 Å². The molecule has 2 aliphatic rings. The number of hydrogen-bond donors (Lipinski definition) is 2. The Morgan fingerprint density at radius 3 is 2.73 bits per heavy atom. The molecule has 1 aliphatic heterocycles. The highest BCUT2D eigenvalue weighted by Gasteiger charge is 2.25. The molecule has 1 aromatic heterocycles. The fourth-order valence-electron chi connectivity index (χ4n) is 3.32. The van der Waals surface area contributed by atoms with E-state index in [4.69, 9.17) is 11.6 Å². The van der Waals surface area contributed by atoms with Gasteiger partial charge in [-0.05, 0) is 49.1 Å². The van der Waals surface area contributed by atoms with Crippen LogP contribution in [0.2, 0.25) is 5.02 Å². The second kappa shape index (κ2) is 7.21. The van der Waals surface area contributed by atoms with Gasteiger partial charge < -0.3 is 10.6 Å². The van der Waals surface area contributed by atoms with Gasteiger partial charge in [-0.15, -0.1) is 0 Å². The van der Waals surface area contributed by atoms with Crippen LogP contribution in [0.1, 0.15) is 28.8 Å². The highest BCUT2D eigenvalue weighted by atomic mass is 35.5. The number of carbonyl (C=O) groups is 1. The van der Waals surface area contributed by atoms with Crippen LogP contribution in [-0.2, 0) is 0 Å². The number of amidine groups is 1. The summed E-state index contributed by atoms with van der Waals surface area (Å²) in [5.41, 5.74) is 1.11. The van der Waals surface area contributed by atoms with Crippen molar-refractivity contribution in [3.05, 3.63) is 70.4 Å². The molecule has 0 saturated heterocycles. The molecule has 0 radical (unpaired) electrons. The molecule has 0 spiro atoms. The number of nitrogens with one attached hydrogen (secondary N) is 2. The van der Waals surface area contributed by atoms with Gasteiger partial charge in [0, 0.05) is 12.1 Å². The first-order valence-corrected chi connectivity index (χ1v) is 9.85. The number of hydrogen-bond acceptors (Lipinski definition) is 4. The van der Waals surface area contributed by atoms with Crippen LogP contribution in [0.3, 0.4) is 0 Å². The maximum absolute atomic E-state index is 14.4. The van der Waals surface area contributed by atoms with E-state index in [2.05, 4.69) is 20.7 Å². The third kappa shape index (κ3) is 3.33. The number of carbonyl (C=O) groups excluding carboxylic acids is 1. The minimum Gasteiger partial charge on any atom is -0.352 e. The van der Waals surface area contributed by atoms with Crippen molar-refractivity contribution in [1.29, 1.82) is 0 Å². The van der Waals surface area contributed by atoms with E-state index < -0.39 is 11.6 Å². The molecule has 1 aliphatic carbocycles. The van der Waals surface area contributed by atoms with Crippen LogP contribution in [0.4, 0.5) is 20.3 Å². The Bertz CT molecular complexity index is 1180. The van der Waals surface area contributed by atoms with Crippen molar-refractivity contribution in [2.24, 2.45) is 10.9 Å². The zero-order valence-corrected chi connectivity index (χ0v) is 16.4. The topological polar surface area (TPSA) is 71.3 Å². The van der Waals surface area contributed by atoms with E-state index in [0.717, 1.165) is 25.0 Å². The fraction of sp³-hybridized carbons (Fsp3) is 0.190. The zero-order chi connectivity index (χ0) is 20.8. The van der Waals surface area contributed by atoms with E-state index in [1.54, 1.807) is 18.2 Å². The molecular weight excluding hydrogens is 412 g/mol. The summed E-state index contributed by atoms with van der Waals surface area (Å²) in [6.45, 7) is 0.646. The summed E-state index contributed by atoms with van der Waals surface area (Å²) in [5.74, 6) is -1.00. The summed E-state index contributed by atoms with van der Waals surface area (Å²) in [5, 5.41) is 10.3. The first kappa shape index (κ1) is 18.7. The molecule has 30 heavy (non-hydrogen) atoms. The number of nitrogens with zero attached hydrogens (tertiary/aromatic N) is 3. The highest BCUT2D eigenvalue weighted by molar-refractivity contribution is 6.33. The number of rotatable bonds is 4. The number of anilines is 1. The summed E-state index contributed by atoms with van der Waals surface area (Å²) < 4.78 is 30.2. The van der Waals surface area contributed by atoms with Crippen LogP contribution in [0.15, 0.2) is 47.6 Å². The molecule has 0 unspecified atom stereocenters. The van der Waals surface area contributed by atoms with Gasteiger partial charge >= 0.3 is 0 Å². The van der Waals surface area contributed by atoms with Crippen molar-refractivity contribution in [3.8, 4) is 5.69 Å². The summed E-state index contributed by atoms with van der Waals surface area (Å²) in [6.07, 6.45) is 3.66. The van der Waals surface area contributed by atoms with Gasteiger partial charge in [-0.2, -0.15) is 5.10 Å². The monoisotopic (exact) mass is 427 g/mol. The SMILES string of the molecule is O=C(NCC1CC1)c1ccc2c(c1)-n1ncc(Cl)c1N=C(c1c(F)cccc1F)N2. The predicted molar refractivity (Wildman–Crippen MR) is 110 cm³/mol. The Labute approximate surface area is 175 Å². The molecule has 3 aromatic rings. The van der Waals surface area contributed by atoms with Gasteiger partial charge in [0.05, 0.1) is 23.1 Å². The molecule has 0 atom stereocenters. The molecule has 9 heteroatoms. The quantitative estimate of drug-likeness (QED) is 0.646. The molecule has 2 aromatic carbocycles. The first-order chi connectivity index (χ1) is 14.5. The fourth-order valence-corrected chi connectivity index (χ4v) is 3.48. The van der Waals surface area contributed by atoms with E-state index >= 15 is 0 Å². The van der Waals surface area contributed by atoms with Crippen molar-refractivity contribution in [3.63, 3.8) is 0 Å². The Balaban J connectivity index is 1.59. The molecule has 2 N–H and O–H groups in total. The number of aromatic nitrogens is 2. The molecule has 6 nitrogen and oxygen atoms in total. The third-order valence-corrected chi connectivity index (χ3v) is 5.37. The summed E-state index contributed by atoms with van der Waals surface area (Å²) >= 11 is 6.24. The lowest BCUT2D eigenvalue weighted by Crippen LogP contribution is -2.25. The van der Waals surface area contributed by atoms with E-state index in [1.165, 1.54) is 16.9 Å². The average Bonchev–Trinajstić information content (AvgIpc) is 3.51. The van der Waals surface area contributed by atoms with Crippen molar-refractivity contribution in [2.75, 3.05) is 11.9 Å². The van der Waals surface area contributed by atoms with Crippen molar-refractivity contribution < 1.29 is 13.6 Å². The van der Waals surface area contributed by atoms with Crippen molar-refractivity contribution in [2.45, 2.75) is 12.8 Å². The molecule has 2 heterocycles. The van der Waals surface area contributed by atoms with Crippen molar-refractivity contribution in [1.82, 2.24) is 15.1 Å². The van der Waals surface area contributed by atoms with Gasteiger partial charge in [0.2, 0.25) is 0 Å². The van der Waals surface area contributed by atoms with Gasteiger partial charge in [0.1, 0.15) is 22.5 Å². The smallest absolute Gasteiger partial charge is 0.251 e. The molecule has 0 bridgehead atoms. The Kier molecular flexibility index (Phi) is 4.51. The van der Waals surface area contributed by atoms with Crippen molar-refractivity contribution >= 4 is 34.8 Å². The van der Waals surface area contributed by atoms with E-state index in [-0.39, 0.29) is 28.1 Å². The van der Waals surface area contributed by atoms with Crippen LogP contribution >= 0.6 is 11.6 Å². The number of amides is 1. The van der Waals surface area contributed by atoms with Crippen LogP contribution in [0.25, 0.3) is 5.69 Å². The van der Waals surface area contributed by atoms with E-state index in [0.29, 0.717) is 29.4 Å². The van der Waals surface area contributed by atoms with Gasteiger partial charge in [0.25, 0.3) is 5.91 Å². The molecule has 1 fully saturated rings.